The number of halogens is 1. The van der Waals surface area contributed by atoms with E-state index in [1.54, 1.807) is 13.3 Å². The van der Waals surface area contributed by atoms with Crippen molar-refractivity contribution in [3.63, 3.8) is 0 Å². The van der Waals surface area contributed by atoms with Crippen LogP contribution in [-0.2, 0) is 24.2 Å². The first-order chi connectivity index (χ1) is 17.1. The lowest BCUT2D eigenvalue weighted by Gasteiger charge is -2.14. The molecular formula is C29H27BrN2O3. The zero-order valence-corrected chi connectivity index (χ0v) is 21.3. The lowest BCUT2D eigenvalue weighted by molar-refractivity contribution is -0.120. The number of hydrogen-bond acceptors (Lipinski definition) is 4. The molecule has 0 aliphatic carbocycles. The van der Waals surface area contributed by atoms with E-state index in [1.807, 2.05) is 54.6 Å². The van der Waals surface area contributed by atoms with Crippen LogP contribution in [0.25, 0.3) is 10.8 Å². The zero-order valence-electron chi connectivity index (χ0n) is 19.8. The van der Waals surface area contributed by atoms with Gasteiger partial charge in [-0.3, -0.25) is 4.79 Å². The van der Waals surface area contributed by atoms with E-state index in [-0.39, 0.29) is 12.3 Å². The lowest BCUT2D eigenvalue weighted by atomic mass is 10.1. The number of hydrazone groups is 1. The average molecular weight is 531 g/mol. The number of hydrogen-bond donors (Lipinski definition) is 1. The summed E-state index contributed by atoms with van der Waals surface area (Å²) in [6.07, 6.45) is 2.83. The second kappa shape index (κ2) is 11.7. The van der Waals surface area contributed by atoms with Gasteiger partial charge in [-0.15, -0.1) is 0 Å². The predicted molar refractivity (Wildman–Crippen MR) is 144 cm³/mol. The third-order valence-corrected chi connectivity index (χ3v) is 6.29. The number of carbonyl (C=O) groups is 1. The largest absolute Gasteiger partial charge is 0.493 e. The van der Waals surface area contributed by atoms with E-state index in [0.717, 1.165) is 33.0 Å². The maximum absolute atomic E-state index is 12.2. The molecule has 0 bridgehead atoms. The number of nitrogens with zero attached hydrogens (tertiary/aromatic N) is 1. The predicted octanol–water partition coefficient (Wildman–Crippen LogP) is 6.45. The summed E-state index contributed by atoms with van der Waals surface area (Å²) >= 11 is 3.58. The fourth-order valence-electron chi connectivity index (χ4n) is 3.82. The smallest absolute Gasteiger partial charge is 0.244 e. The van der Waals surface area contributed by atoms with Crippen LogP contribution in [0.2, 0.25) is 0 Å². The maximum atomic E-state index is 12.2. The van der Waals surface area contributed by atoms with Crippen molar-refractivity contribution in [2.75, 3.05) is 7.11 Å². The number of rotatable bonds is 9. The molecule has 1 N–H and O–H groups in total. The van der Waals surface area contributed by atoms with Gasteiger partial charge in [-0.1, -0.05) is 73.7 Å². The SMILES string of the molecule is CCc1ccc(CC(=O)N/N=C/c2cc(Br)c(OCc3cccc4ccccc34)c(OC)c2)cc1. The first-order valence-electron chi connectivity index (χ1n) is 11.4. The van der Waals surface area contributed by atoms with Crippen molar-refractivity contribution < 1.29 is 14.3 Å². The fourth-order valence-corrected chi connectivity index (χ4v) is 4.39. The summed E-state index contributed by atoms with van der Waals surface area (Å²) in [5.74, 6) is 1.01. The monoisotopic (exact) mass is 530 g/mol. The van der Waals surface area contributed by atoms with Crippen LogP contribution in [0.4, 0.5) is 0 Å². The van der Waals surface area contributed by atoms with E-state index in [1.165, 1.54) is 10.9 Å². The summed E-state index contributed by atoms with van der Waals surface area (Å²) in [5, 5.41) is 6.43. The highest BCUT2D eigenvalue weighted by Gasteiger charge is 2.12. The van der Waals surface area contributed by atoms with Gasteiger partial charge in [0.25, 0.3) is 0 Å². The van der Waals surface area contributed by atoms with E-state index < -0.39 is 0 Å². The quantitative estimate of drug-likeness (QED) is 0.200. The second-order valence-electron chi connectivity index (χ2n) is 8.10. The van der Waals surface area contributed by atoms with E-state index in [2.05, 4.69) is 57.6 Å². The normalized spacial score (nSPS) is 11.1. The Balaban J connectivity index is 1.41. The summed E-state index contributed by atoms with van der Waals surface area (Å²) in [6.45, 7) is 2.51. The minimum atomic E-state index is -0.174. The van der Waals surface area contributed by atoms with E-state index in [4.69, 9.17) is 9.47 Å². The van der Waals surface area contributed by atoms with Gasteiger partial charge >= 0.3 is 0 Å². The first kappa shape index (κ1) is 24.5. The lowest BCUT2D eigenvalue weighted by Crippen LogP contribution is -2.19. The highest BCUT2D eigenvalue weighted by atomic mass is 79.9. The van der Waals surface area contributed by atoms with Crippen molar-refractivity contribution in [2.45, 2.75) is 26.4 Å². The van der Waals surface area contributed by atoms with Crippen LogP contribution in [0.15, 0.2) is 88.4 Å². The Hall–Kier alpha value is -3.64. The van der Waals surface area contributed by atoms with Gasteiger partial charge in [-0.2, -0.15) is 5.10 Å². The topological polar surface area (TPSA) is 59.9 Å². The Labute approximate surface area is 213 Å². The van der Waals surface area contributed by atoms with Crippen LogP contribution in [0.1, 0.15) is 29.2 Å². The number of aryl methyl sites for hydroxylation is 1. The van der Waals surface area contributed by atoms with E-state index >= 15 is 0 Å². The van der Waals surface area contributed by atoms with Crippen molar-refractivity contribution in [2.24, 2.45) is 5.10 Å². The summed E-state index contributed by atoms with van der Waals surface area (Å²) in [4.78, 5) is 12.2. The fraction of sp³-hybridized carbons (Fsp3) is 0.172. The summed E-state index contributed by atoms with van der Waals surface area (Å²) in [5.41, 5.74) is 6.64. The first-order valence-corrected chi connectivity index (χ1v) is 12.2. The standard InChI is InChI=1S/C29H27BrN2O3/c1-3-20-11-13-21(14-12-20)17-28(33)32-31-18-22-15-26(30)29(27(16-22)34-2)35-19-24-9-6-8-23-7-4-5-10-25(23)24/h4-16,18H,3,17,19H2,1-2H3,(H,32,33)/b31-18+. The molecule has 35 heavy (non-hydrogen) atoms. The molecule has 0 heterocycles. The molecule has 0 aromatic heterocycles. The summed E-state index contributed by atoms with van der Waals surface area (Å²) in [6, 6.07) is 26.1. The summed E-state index contributed by atoms with van der Waals surface area (Å²) in [7, 11) is 1.60. The van der Waals surface area contributed by atoms with Gasteiger partial charge in [0.15, 0.2) is 11.5 Å². The molecule has 4 aromatic rings. The molecule has 6 heteroatoms. The van der Waals surface area contributed by atoms with Crippen LogP contribution < -0.4 is 14.9 Å². The number of amides is 1. The molecule has 4 aromatic carbocycles. The molecule has 0 radical (unpaired) electrons. The third-order valence-electron chi connectivity index (χ3n) is 5.70. The number of ether oxygens (including phenoxy) is 2. The Morgan fingerprint density at radius 3 is 2.51 bits per heavy atom. The molecule has 0 fully saturated rings. The van der Waals surface area contributed by atoms with Gasteiger partial charge < -0.3 is 9.47 Å². The molecule has 178 valence electrons. The van der Waals surface area contributed by atoms with Crippen LogP contribution in [0, 0.1) is 0 Å². The van der Waals surface area contributed by atoms with Crippen molar-refractivity contribution >= 4 is 38.8 Å². The van der Waals surface area contributed by atoms with E-state index in [9.17, 15) is 4.79 Å². The number of methoxy groups -OCH3 is 1. The van der Waals surface area contributed by atoms with Gasteiger partial charge in [0.2, 0.25) is 5.91 Å². The van der Waals surface area contributed by atoms with Crippen molar-refractivity contribution in [3.05, 3.63) is 106 Å². The van der Waals surface area contributed by atoms with Gasteiger partial charge in [-0.25, -0.2) is 5.43 Å². The zero-order chi connectivity index (χ0) is 24.6. The molecule has 0 aliphatic rings. The molecule has 1 amide bonds. The number of nitrogens with one attached hydrogen (secondary N) is 1. The minimum Gasteiger partial charge on any atom is -0.493 e. The van der Waals surface area contributed by atoms with Gasteiger partial charge in [0.1, 0.15) is 6.61 Å². The molecule has 0 saturated carbocycles. The average Bonchev–Trinajstić information content (AvgIpc) is 2.88. The Morgan fingerprint density at radius 1 is 1.00 bits per heavy atom. The molecule has 5 nitrogen and oxygen atoms in total. The second-order valence-corrected chi connectivity index (χ2v) is 8.96. The van der Waals surface area contributed by atoms with Crippen LogP contribution in [0.5, 0.6) is 11.5 Å². The molecule has 0 aliphatic heterocycles. The Bertz CT molecular complexity index is 1340. The highest BCUT2D eigenvalue weighted by Crippen LogP contribution is 2.37. The van der Waals surface area contributed by atoms with Crippen LogP contribution in [0.3, 0.4) is 0 Å². The molecule has 0 atom stereocenters. The van der Waals surface area contributed by atoms with E-state index in [0.29, 0.717) is 18.1 Å². The number of carbonyl (C=O) groups excluding carboxylic acids is 1. The molecule has 0 saturated heterocycles. The molecular weight excluding hydrogens is 504 g/mol. The summed E-state index contributed by atoms with van der Waals surface area (Å²) < 4.78 is 12.4. The molecule has 4 rings (SSSR count). The Morgan fingerprint density at radius 2 is 1.74 bits per heavy atom. The van der Waals surface area contributed by atoms with Crippen LogP contribution >= 0.6 is 15.9 Å². The number of benzene rings is 4. The number of fused-ring (bicyclic) bond motifs is 1. The van der Waals surface area contributed by atoms with Gasteiger partial charge in [0, 0.05) is 0 Å². The van der Waals surface area contributed by atoms with Gasteiger partial charge in [0.05, 0.1) is 24.2 Å². The maximum Gasteiger partial charge on any atom is 0.244 e. The highest BCUT2D eigenvalue weighted by molar-refractivity contribution is 9.10. The van der Waals surface area contributed by atoms with Crippen molar-refractivity contribution in [1.82, 2.24) is 5.43 Å². The van der Waals surface area contributed by atoms with Crippen molar-refractivity contribution in [3.8, 4) is 11.5 Å². The van der Waals surface area contributed by atoms with Crippen LogP contribution in [-0.4, -0.2) is 19.2 Å². The molecule has 0 unspecified atom stereocenters. The minimum absolute atomic E-state index is 0.174. The third kappa shape index (κ3) is 6.28. The van der Waals surface area contributed by atoms with Crippen molar-refractivity contribution in [1.29, 1.82) is 0 Å². The molecule has 0 spiro atoms. The Kier molecular flexibility index (Phi) is 8.16. The van der Waals surface area contributed by atoms with Gasteiger partial charge in [-0.05, 0) is 67.5 Å².